The van der Waals surface area contributed by atoms with Crippen LogP contribution in [-0.4, -0.2) is 20.0 Å². The van der Waals surface area contributed by atoms with E-state index in [0.29, 0.717) is 11.8 Å². The average molecular weight is 282 g/mol. The van der Waals surface area contributed by atoms with Crippen LogP contribution in [0, 0.1) is 5.92 Å². The van der Waals surface area contributed by atoms with Crippen molar-refractivity contribution < 1.29 is 0 Å². The van der Waals surface area contributed by atoms with E-state index < -0.39 is 0 Å². The Kier molecular flexibility index (Phi) is 5.70. The highest BCUT2D eigenvalue weighted by Gasteiger charge is 2.24. The van der Waals surface area contributed by atoms with Gasteiger partial charge in [0, 0.05) is 11.8 Å². The first kappa shape index (κ1) is 14.9. The van der Waals surface area contributed by atoms with E-state index in [9.17, 15) is 0 Å². The van der Waals surface area contributed by atoms with Gasteiger partial charge in [0.1, 0.15) is 5.82 Å². The fourth-order valence-electron chi connectivity index (χ4n) is 2.87. The van der Waals surface area contributed by atoms with Gasteiger partial charge in [0.05, 0.1) is 6.54 Å². The molecule has 1 aromatic rings. The van der Waals surface area contributed by atoms with Gasteiger partial charge in [0.25, 0.3) is 0 Å². The minimum Gasteiger partial charge on any atom is -0.324 e. The lowest BCUT2D eigenvalue weighted by molar-refractivity contribution is 0.357. The van der Waals surface area contributed by atoms with Gasteiger partial charge in [-0.05, 0) is 25.2 Å². The van der Waals surface area contributed by atoms with Crippen molar-refractivity contribution in [2.24, 2.45) is 11.7 Å². The monoisotopic (exact) mass is 282 g/mol. The summed E-state index contributed by atoms with van der Waals surface area (Å²) in [6.07, 6.45) is 7.83. The summed E-state index contributed by atoms with van der Waals surface area (Å²) in [6, 6.07) is 0. The Labute approximate surface area is 120 Å². The SMILES string of the molecule is CCCn1c(CN)nnc1SC1CCCC(CC)C1. The van der Waals surface area contributed by atoms with Gasteiger partial charge in [-0.1, -0.05) is 44.9 Å². The van der Waals surface area contributed by atoms with E-state index in [1.807, 2.05) is 11.8 Å². The maximum Gasteiger partial charge on any atom is 0.191 e. The molecule has 2 rings (SSSR count). The van der Waals surface area contributed by atoms with Gasteiger partial charge < -0.3 is 10.3 Å². The quantitative estimate of drug-likeness (QED) is 0.870. The van der Waals surface area contributed by atoms with Crippen LogP contribution in [0.1, 0.15) is 58.2 Å². The predicted molar refractivity (Wildman–Crippen MR) is 80.1 cm³/mol. The largest absolute Gasteiger partial charge is 0.324 e. The molecule has 0 radical (unpaired) electrons. The highest BCUT2D eigenvalue weighted by molar-refractivity contribution is 7.99. The zero-order valence-corrected chi connectivity index (χ0v) is 13.0. The molecule has 4 nitrogen and oxygen atoms in total. The fourth-order valence-corrected chi connectivity index (χ4v) is 4.24. The fraction of sp³-hybridized carbons (Fsp3) is 0.857. The Morgan fingerprint density at radius 3 is 2.84 bits per heavy atom. The number of rotatable bonds is 6. The van der Waals surface area contributed by atoms with Gasteiger partial charge in [0.15, 0.2) is 5.16 Å². The third-order valence-corrected chi connectivity index (χ3v) is 5.28. The molecule has 5 heteroatoms. The van der Waals surface area contributed by atoms with Gasteiger partial charge in [-0.25, -0.2) is 0 Å². The minimum absolute atomic E-state index is 0.482. The first-order valence-electron chi connectivity index (χ1n) is 7.57. The summed E-state index contributed by atoms with van der Waals surface area (Å²) in [5.41, 5.74) is 5.74. The Balaban J connectivity index is 2.03. The van der Waals surface area contributed by atoms with Gasteiger partial charge in [-0.3, -0.25) is 0 Å². The predicted octanol–water partition coefficient (Wildman–Crippen LogP) is 3.21. The van der Waals surface area contributed by atoms with Gasteiger partial charge in [-0.2, -0.15) is 0 Å². The van der Waals surface area contributed by atoms with E-state index in [2.05, 4.69) is 28.6 Å². The van der Waals surface area contributed by atoms with Crippen LogP contribution in [-0.2, 0) is 13.1 Å². The molecule has 0 bridgehead atoms. The number of nitrogens with zero attached hydrogens (tertiary/aromatic N) is 3. The van der Waals surface area contributed by atoms with Gasteiger partial charge in [0.2, 0.25) is 0 Å². The molecule has 1 saturated carbocycles. The topological polar surface area (TPSA) is 56.7 Å². The Morgan fingerprint density at radius 1 is 1.32 bits per heavy atom. The van der Waals surface area contributed by atoms with E-state index in [1.54, 1.807) is 0 Å². The number of thioether (sulfide) groups is 1. The van der Waals surface area contributed by atoms with Crippen molar-refractivity contribution in [3.05, 3.63) is 5.82 Å². The van der Waals surface area contributed by atoms with Crippen molar-refractivity contribution >= 4 is 11.8 Å². The van der Waals surface area contributed by atoms with Crippen LogP contribution in [0.2, 0.25) is 0 Å². The lowest BCUT2D eigenvalue weighted by atomic mass is 9.87. The zero-order chi connectivity index (χ0) is 13.7. The van der Waals surface area contributed by atoms with Crippen molar-refractivity contribution in [1.82, 2.24) is 14.8 Å². The van der Waals surface area contributed by atoms with E-state index in [1.165, 1.54) is 32.1 Å². The zero-order valence-electron chi connectivity index (χ0n) is 12.1. The molecular weight excluding hydrogens is 256 g/mol. The number of aromatic nitrogens is 3. The lowest BCUT2D eigenvalue weighted by Crippen LogP contribution is -2.18. The summed E-state index contributed by atoms with van der Waals surface area (Å²) in [6.45, 7) is 5.95. The molecular formula is C14H26N4S. The molecule has 1 aliphatic carbocycles. The van der Waals surface area contributed by atoms with E-state index in [0.717, 1.165) is 29.9 Å². The first-order chi connectivity index (χ1) is 9.28. The average Bonchev–Trinajstić information content (AvgIpc) is 2.82. The molecule has 108 valence electrons. The molecule has 0 amide bonds. The van der Waals surface area contributed by atoms with Crippen molar-refractivity contribution in [2.45, 2.75) is 75.9 Å². The highest BCUT2D eigenvalue weighted by Crippen LogP contribution is 2.36. The second-order valence-corrected chi connectivity index (χ2v) is 6.70. The molecule has 0 spiro atoms. The minimum atomic E-state index is 0.482. The van der Waals surface area contributed by atoms with Gasteiger partial charge >= 0.3 is 0 Å². The first-order valence-corrected chi connectivity index (χ1v) is 8.45. The normalized spacial score (nSPS) is 23.7. The third-order valence-electron chi connectivity index (χ3n) is 4.01. The maximum absolute atomic E-state index is 5.74. The van der Waals surface area contributed by atoms with Crippen LogP contribution in [0.4, 0.5) is 0 Å². The van der Waals surface area contributed by atoms with Crippen LogP contribution >= 0.6 is 11.8 Å². The maximum atomic E-state index is 5.74. The Hall–Kier alpha value is -0.550. The molecule has 19 heavy (non-hydrogen) atoms. The molecule has 1 aliphatic rings. The number of nitrogens with two attached hydrogens (primary N) is 1. The Morgan fingerprint density at radius 2 is 2.16 bits per heavy atom. The summed E-state index contributed by atoms with van der Waals surface area (Å²) >= 11 is 1.92. The van der Waals surface area contributed by atoms with Crippen molar-refractivity contribution in [1.29, 1.82) is 0 Å². The molecule has 1 aromatic heterocycles. The molecule has 2 atom stereocenters. The molecule has 2 N–H and O–H groups in total. The number of hydrogen-bond acceptors (Lipinski definition) is 4. The summed E-state index contributed by atoms with van der Waals surface area (Å²) in [5.74, 6) is 1.83. The standard InChI is InChI=1S/C14H26N4S/c1-3-8-18-13(10-15)16-17-14(18)19-12-7-5-6-11(4-2)9-12/h11-12H,3-10,15H2,1-2H3. The molecule has 1 fully saturated rings. The summed E-state index contributed by atoms with van der Waals surface area (Å²) in [4.78, 5) is 0. The van der Waals surface area contributed by atoms with Crippen LogP contribution in [0.25, 0.3) is 0 Å². The smallest absolute Gasteiger partial charge is 0.191 e. The van der Waals surface area contributed by atoms with E-state index >= 15 is 0 Å². The number of hydrogen-bond donors (Lipinski definition) is 1. The van der Waals surface area contributed by atoms with Gasteiger partial charge in [-0.15, -0.1) is 10.2 Å². The van der Waals surface area contributed by atoms with Crippen LogP contribution in [0.15, 0.2) is 5.16 Å². The summed E-state index contributed by atoms with van der Waals surface area (Å²) in [7, 11) is 0. The third kappa shape index (κ3) is 3.72. The summed E-state index contributed by atoms with van der Waals surface area (Å²) < 4.78 is 2.21. The second kappa shape index (κ2) is 7.29. The lowest BCUT2D eigenvalue weighted by Gasteiger charge is -2.27. The second-order valence-electron chi connectivity index (χ2n) is 5.44. The highest BCUT2D eigenvalue weighted by atomic mass is 32.2. The van der Waals surface area contributed by atoms with Crippen molar-refractivity contribution in [3.63, 3.8) is 0 Å². The molecule has 0 aliphatic heterocycles. The molecule has 2 unspecified atom stereocenters. The van der Waals surface area contributed by atoms with E-state index in [4.69, 9.17) is 5.73 Å². The van der Waals surface area contributed by atoms with Crippen LogP contribution < -0.4 is 5.73 Å². The molecule has 1 heterocycles. The molecule has 0 saturated heterocycles. The van der Waals surface area contributed by atoms with Crippen LogP contribution in [0.3, 0.4) is 0 Å². The summed E-state index contributed by atoms with van der Waals surface area (Å²) in [5, 5.41) is 10.4. The van der Waals surface area contributed by atoms with Crippen molar-refractivity contribution in [3.8, 4) is 0 Å². The van der Waals surface area contributed by atoms with Crippen LogP contribution in [0.5, 0.6) is 0 Å². The van der Waals surface area contributed by atoms with Crippen molar-refractivity contribution in [2.75, 3.05) is 0 Å². The van der Waals surface area contributed by atoms with E-state index in [-0.39, 0.29) is 0 Å². The Bertz CT molecular complexity index is 391. The molecule has 0 aromatic carbocycles.